The third-order valence-electron chi connectivity index (χ3n) is 3.07. The van der Waals surface area contributed by atoms with E-state index in [2.05, 4.69) is 44.1 Å². The first-order valence-corrected chi connectivity index (χ1v) is 5.96. The molecule has 0 aliphatic carbocycles. The van der Waals surface area contributed by atoms with Gasteiger partial charge < -0.3 is 10.3 Å². The molecule has 0 aliphatic rings. The molecule has 1 heterocycles. The number of nitrogens with two attached hydrogens (primary N) is 1. The zero-order chi connectivity index (χ0) is 12.4. The molecule has 0 unspecified atom stereocenters. The highest BCUT2D eigenvalue weighted by atomic mass is 16.5. The summed E-state index contributed by atoms with van der Waals surface area (Å²) in [6.07, 6.45) is 2.66. The van der Waals surface area contributed by atoms with E-state index in [0.717, 1.165) is 17.5 Å². The molecule has 0 amide bonds. The first-order chi connectivity index (χ1) is 8.13. The van der Waals surface area contributed by atoms with E-state index in [1.165, 1.54) is 11.1 Å². The van der Waals surface area contributed by atoms with Crippen molar-refractivity contribution in [1.82, 2.24) is 5.16 Å². The fraction of sp³-hybridized carbons (Fsp3) is 0.357. The summed E-state index contributed by atoms with van der Waals surface area (Å²) in [6, 6.07) is 6.53. The van der Waals surface area contributed by atoms with Crippen molar-refractivity contribution in [1.29, 1.82) is 0 Å². The highest BCUT2D eigenvalue weighted by molar-refractivity contribution is 5.75. The van der Waals surface area contributed by atoms with Crippen LogP contribution in [0.5, 0.6) is 0 Å². The summed E-state index contributed by atoms with van der Waals surface area (Å²) in [5.74, 6) is 0.890. The standard InChI is InChI=1S/C14H18N2O/c1-4-10-5-6-11(9(2)3)7-12(10)13-8-16-17-14(13)15/h5-9H,4,15H2,1-3H3. The monoisotopic (exact) mass is 230 g/mol. The molecule has 1 aromatic carbocycles. The maximum atomic E-state index is 5.79. The molecule has 0 aliphatic heterocycles. The van der Waals surface area contributed by atoms with E-state index in [9.17, 15) is 0 Å². The minimum Gasteiger partial charge on any atom is -0.367 e. The van der Waals surface area contributed by atoms with Gasteiger partial charge in [-0.1, -0.05) is 44.1 Å². The Hall–Kier alpha value is -1.77. The first-order valence-electron chi connectivity index (χ1n) is 5.96. The molecule has 0 radical (unpaired) electrons. The lowest BCUT2D eigenvalue weighted by molar-refractivity contribution is 0.436. The van der Waals surface area contributed by atoms with Crippen LogP contribution in [0.3, 0.4) is 0 Å². The van der Waals surface area contributed by atoms with Crippen LogP contribution in [0.15, 0.2) is 28.9 Å². The average molecular weight is 230 g/mol. The van der Waals surface area contributed by atoms with Crippen LogP contribution in [0, 0.1) is 0 Å². The second-order valence-electron chi connectivity index (χ2n) is 4.53. The SMILES string of the molecule is CCc1ccc(C(C)C)cc1-c1cnoc1N. The van der Waals surface area contributed by atoms with Gasteiger partial charge in [-0.25, -0.2) is 0 Å². The normalized spacial score (nSPS) is 11.1. The van der Waals surface area contributed by atoms with Crippen molar-refractivity contribution in [3.8, 4) is 11.1 Å². The lowest BCUT2D eigenvalue weighted by Crippen LogP contribution is -1.94. The Kier molecular flexibility index (Phi) is 3.18. The fourth-order valence-electron chi connectivity index (χ4n) is 1.96. The Labute approximate surface area is 102 Å². The van der Waals surface area contributed by atoms with Gasteiger partial charge in [-0.05, 0) is 29.0 Å². The second-order valence-corrected chi connectivity index (χ2v) is 4.53. The van der Waals surface area contributed by atoms with Crippen LogP contribution in [0.1, 0.15) is 37.8 Å². The van der Waals surface area contributed by atoms with E-state index >= 15 is 0 Å². The molecule has 0 atom stereocenters. The Morgan fingerprint density at radius 1 is 1.29 bits per heavy atom. The van der Waals surface area contributed by atoms with E-state index in [1.54, 1.807) is 6.20 Å². The minimum absolute atomic E-state index is 0.389. The van der Waals surface area contributed by atoms with E-state index in [1.807, 2.05) is 0 Å². The van der Waals surface area contributed by atoms with Crippen molar-refractivity contribution in [2.75, 3.05) is 5.73 Å². The molecular weight excluding hydrogens is 212 g/mol. The van der Waals surface area contributed by atoms with E-state index in [-0.39, 0.29) is 0 Å². The van der Waals surface area contributed by atoms with Crippen LogP contribution in [-0.4, -0.2) is 5.16 Å². The summed E-state index contributed by atoms with van der Waals surface area (Å²) in [7, 11) is 0. The minimum atomic E-state index is 0.389. The zero-order valence-electron chi connectivity index (χ0n) is 10.5. The predicted molar refractivity (Wildman–Crippen MR) is 69.8 cm³/mol. The Morgan fingerprint density at radius 3 is 2.59 bits per heavy atom. The number of hydrogen-bond donors (Lipinski definition) is 1. The number of nitrogen functional groups attached to an aromatic ring is 1. The summed E-state index contributed by atoms with van der Waals surface area (Å²) < 4.78 is 4.95. The van der Waals surface area contributed by atoms with Gasteiger partial charge in [0.1, 0.15) is 0 Å². The summed E-state index contributed by atoms with van der Waals surface area (Å²) in [5, 5.41) is 3.75. The van der Waals surface area contributed by atoms with Gasteiger partial charge in [0.25, 0.3) is 0 Å². The molecule has 0 saturated heterocycles. The fourth-order valence-corrected chi connectivity index (χ4v) is 1.96. The number of anilines is 1. The Balaban J connectivity index is 2.57. The maximum Gasteiger partial charge on any atom is 0.229 e. The molecule has 0 spiro atoms. The molecule has 0 bridgehead atoms. The molecule has 1 aromatic heterocycles. The molecule has 2 aromatic rings. The van der Waals surface area contributed by atoms with Gasteiger partial charge in [0.15, 0.2) is 0 Å². The molecule has 0 saturated carbocycles. The lowest BCUT2D eigenvalue weighted by atomic mass is 9.93. The van der Waals surface area contributed by atoms with Crippen LogP contribution in [0.4, 0.5) is 5.88 Å². The van der Waals surface area contributed by atoms with Crippen LogP contribution < -0.4 is 5.73 Å². The number of benzene rings is 1. The second kappa shape index (κ2) is 4.62. The molecule has 3 heteroatoms. The molecule has 2 rings (SSSR count). The number of nitrogens with zero attached hydrogens (tertiary/aromatic N) is 1. The van der Waals surface area contributed by atoms with Crippen LogP contribution in [-0.2, 0) is 6.42 Å². The highest BCUT2D eigenvalue weighted by Crippen LogP contribution is 2.31. The van der Waals surface area contributed by atoms with Gasteiger partial charge in [0, 0.05) is 0 Å². The van der Waals surface area contributed by atoms with Crippen molar-refractivity contribution in [3.05, 3.63) is 35.5 Å². The Morgan fingerprint density at radius 2 is 2.06 bits per heavy atom. The van der Waals surface area contributed by atoms with E-state index in [4.69, 9.17) is 10.3 Å². The van der Waals surface area contributed by atoms with Gasteiger partial charge in [0.05, 0.1) is 11.8 Å². The van der Waals surface area contributed by atoms with Crippen LogP contribution in [0.2, 0.25) is 0 Å². The van der Waals surface area contributed by atoms with Crippen LogP contribution in [0.25, 0.3) is 11.1 Å². The number of rotatable bonds is 3. The van der Waals surface area contributed by atoms with Crippen molar-refractivity contribution in [3.63, 3.8) is 0 Å². The quantitative estimate of drug-likeness (QED) is 0.876. The third kappa shape index (κ3) is 2.18. The van der Waals surface area contributed by atoms with Gasteiger partial charge in [0.2, 0.25) is 5.88 Å². The molecule has 0 fully saturated rings. The maximum absolute atomic E-state index is 5.79. The van der Waals surface area contributed by atoms with Gasteiger partial charge in [-0.2, -0.15) is 0 Å². The Bertz CT molecular complexity index is 515. The van der Waals surface area contributed by atoms with Gasteiger partial charge >= 0.3 is 0 Å². The largest absolute Gasteiger partial charge is 0.367 e. The summed E-state index contributed by atoms with van der Waals surface area (Å²) >= 11 is 0. The van der Waals surface area contributed by atoms with Crippen LogP contribution >= 0.6 is 0 Å². The molecular formula is C14H18N2O. The van der Waals surface area contributed by atoms with E-state index < -0.39 is 0 Å². The zero-order valence-corrected chi connectivity index (χ0v) is 10.5. The van der Waals surface area contributed by atoms with Gasteiger partial charge in [-0.3, -0.25) is 0 Å². The van der Waals surface area contributed by atoms with E-state index in [0.29, 0.717) is 11.8 Å². The summed E-state index contributed by atoms with van der Waals surface area (Å²) in [5.41, 5.74) is 10.4. The highest BCUT2D eigenvalue weighted by Gasteiger charge is 2.12. The molecule has 90 valence electrons. The average Bonchev–Trinajstić information content (AvgIpc) is 2.74. The van der Waals surface area contributed by atoms with Crippen molar-refractivity contribution >= 4 is 5.88 Å². The predicted octanol–water partition coefficient (Wildman–Crippen LogP) is 3.61. The molecule has 17 heavy (non-hydrogen) atoms. The third-order valence-corrected chi connectivity index (χ3v) is 3.07. The first kappa shape index (κ1) is 11.7. The molecule has 2 N–H and O–H groups in total. The van der Waals surface area contributed by atoms with Crippen molar-refractivity contribution in [2.45, 2.75) is 33.1 Å². The molecule has 3 nitrogen and oxygen atoms in total. The number of aromatic nitrogens is 1. The smallest absolute Gasteiger partial charge is 0.229 e. The summed E-state index contributed by atoms with van der Waals surface area (Å²) in [4.78, 5) is 0. The summed E-state index contributed by atoms with van der Waals surface area (Å²) in [6.45, 7) is 6.50. The lowest BCUT2D eigenvalue weighted by Gasteiger charge is -2.11. The number of aryl methyl sites for hydroxylation is 1. The topological polar surface area (TPSA) is 52.0 Å². The van der Waals surface area contributed by atoms with Crippen molar-refractivity contribution in [2.24, 2.45) is 0 Å². The number of hydrogen-bond acceptors (Lipinski definition) is 3. The van der Waals surface area contributed by atoms with Gasteiger partial charge in [-0.15, -0.1) is 0 Å². The van der Waals surface area contributed by atoms with Crippen molar-refractivity contribution < 1.29 is 4.52 Å².